The Kier molecular flexibility index (Phi) is 7.33. The van der Waals surface area contributed by atoms with Crippen LogP contribution in [0.2, 0.25) is 0 Å². The number of nitrogens with one attached hydrogen (secondary N) is 1. The van der Waals surface area contributed by atoms with Crippen molar-refractivity contribution in [3.63, 3.8) is 0 Å². The van der Waals surface area contributed by atoms with Gasteiger partial charge in [-0.05, 0) is 43.0 Å². The Labute approximate surface area is 170 Å². The zero-order chi connectivity index (χ0) is 19.9. The largest absolute Gasteiger partial charge is 0.497 e. The molecule has 1 aliphatic rings. The van der Waals surface area contributed by atoms with Crippen LogP contribution in [0.3, 0.4) is 0 Å². The van der Waals surface area contributed by atoms with Crippen LogP contribution >= 0.6 is 11.8 Å². The standard InChI is InChI=1S/C20H28N4O3S/c1-14(2)12-24-19(15-6-8-16(26-3)9-7-15)22-23-20(24)28-13-18(25)21-11-17-5-4-10-27-17/h6-9,14,17H,4-5,10-13H2,1-3H3,(H,21,25)/t17-/m0/s1. The lowest BCUT2D eigenvalue weighted by atomic mass is 10.2. The van der Waals surface area contributed by atoms with Crippen LogP contribution in [0.1, 0.15) is 26.7 Å². The fourth-order valence-corrected chi connectivity index (χ4v) is 3.87. The Morgan fingerprint density at radius 1 is 1.36 bits per heavy atom. The summed E-state index contributed by atoms with van der Waals surface area (Å²) in [5.74, 6) is 2.34. The maximum atomic E-state index is 12.2. The Morgan fingerprint density at radius 2 is 2.14 bits per heavy atom. The third kappa shape index (κ3) is 5.48. The molecule has 152 valence electrons. The molecule has 1 saturated heterocycles. The molecule has 0 radical (unpaired) electrons. The van der Waals surface area contributed by atoms with E-state index in [0.29, 0.717) is 18.2 Å². The number of carbonyl (C=O) groups is 1. The predicted octanol–water partition coefficient (Wildman–Crippen LogP) is 3.00. The van der Waals surface area contributed by atoms with Crippen molar-refractivity contribution in [3.8, 4) is 17.1 Å². The van der Waals surface area contributed by atoms with Gasteiger partial charge in [-0.15, -0.1) is 10.2 Å². The minimum Gasteiger partial charge on any atom is -0.497 e. The van der Waals surface area contributed by atoms with E-state index in [4.69, 9.17) is 9.47 Å². The minimum atomic E-state index is -0.00871. The van der Waals surface area contributed by atoms with Gasteiger partial charge in [-0.3, -0.25) is 4.79 Å². The van der Waals surface area contributed by atoms with Gasteiger partial charge in [0.1, 0.15) is 5.75 Å². The van der Waals surface area contributed by atoms with Crippen LogP contribution in [0.5, 0.6) is 5.75 Å². The monoisotopic (exact) mass is 404 g/mol. The Balaban J connectivity index is 1.66. The van der Waals surface area contributed by atoms with Gasteiger partial charge in [0, 0.05) is 25.3 Å². The molecule has 0 bridgehead atoms. The van der Waals surface area contributed by atoms with Crippen LogP contribution in [0.25, 0.3) is 11.4 Å². The third-order valence-electron chi connectivity index (χ3n) is 4.50. The fourth-order valence-electron chi connectivity index (χ4n) is 3.09. The smallest absolute Gasteiger partial charge is 0.230 e. The van der Waals surface area contributed by atoms with Gasteiger partial charge in [-0.2, -0.15) is 0 Å². The normalized spacial score (nSPS) is 16.5. The number of thioether (sulfide) groups is 1. The molecule has 0 saturated carbocycles. The number of amides is 1. The van der Waals surface area contributed by atoms with Crippen molar-refractivity contribution >= 4 is 17.7 Å². The molecule has 1 fully saturated rings. The molecule has 0 unspecified atom stereocenters. The summed E-state index contributed by atoms with van der Waals surface area (Å²) in [6.45, 7) is 6.46. The Bertz CT molecular complexity index is 770. The first-order valence-electron chi connectivity index (χ1n) is 9.65. The second-order valence-corrected chi connectivity index (χ2v) is 8.21. The topological polar surface area (TPSA) is 78.3 Å². The van der Waals surface area contributed by atoms with Crippen molar-refractivity contribution in [1.82, 2.24) is 20.1 Å². The molecule has 0 aliphatic carbocycles. The molecule has 1 aliphatic heterocycles. The van der Waals surface area contributed by atoms with Crippen LogP contribution in [0.4, 0.5) is 0 Å². The van der Waals surface area contributed by atoms with Crippen molar-refractivity contribution < 1.29 is 14.3 Å². The van der Waals surface area contributed by atoms with Gasteiger partial charge >= 0.3 is 0 Å². The zero-order valence-corrected chi connectivity index (χ0v) is 17.5. The lowest BCUT2D eigenvalue weighted by Crippen LogP contribution is -2.33. The number of hydrogen-bond acceptors (Lipinski definition) is 6. The molecule has 1 aromatic carbocycles. The van der Waals surface area contributed by atoms with Crippen LogP contribution in [0, 0.1) is 5.92 Å². The van der Waals surface area contributed by atoms with E-state index >= 15 is 0 Å². The van der Waals surface area contributed by atoms with E-state index in [1.165, 1.54) is 11.8 Å². The number of ether oxygens (including phenoxy) is 2. The SMILES string of the molecule is COc1ccc(-c2nnc(SCC(=O)NC[C@@H]3CCCO3)n2CC(C)C)cc1. The second-order valence-electron chi connectivity index (χ2n) is 7.27. The lowest BCUT2D eigenvalue weighted by Gasteiger charge is -2.13. The molecular formula is C20H28N4O3S. The summed E-state index contributed by atoms with van der Waals surface area (Å²) in [6.07, 6.45) is 2.24. The van der Waals surface area contributed by atoms with Crippen molar-refractivity contribution in [1.29, 1.82) is 0 Å². The number of aromatic nitrogens is 3. The molecule has 1 atom stereocenters. The molecule has 1 N–H and O–H groups in total. The molecular weight excluding hydrogens is 376 g/mol. The van der Waals surface area contributed by atoms with Gasteiger partial charge in [-0.25, -0.2) is 0 Å². The van der Waals surface area contributed by atoms with Crippen molar-refractivity contribution in [2.24, 2.45) is 5.92 Å². The van der Waals surface area contributed by atoms with Gasteiger partial charge in [0.2, 0.25) is 5.91 Å². The van der Waals surface area contributed by atoms with Crippen molar-refractivity contribution in [2.75, 3.05) is 26.0 Å². The highest BCUT2D eigenvalue weighted by Crippen LogP contribution is 2.26. The number of nitrogens with zero attached hydrogens (tertiary/aromatic N) is 3. The summed E-state index contributed by atoms with van der Waals surface area (Å²) in [5.41, 5.74) is 0.976. The highest BCUT2D eigenvalue weighted by molar-refractivity contribution is 7.99. The minimum absolute atomic E-state index is 0.00871. The molecule has 1 aromatic heterocycles. The number of carbonyl (C=O) groups excluding carboxylic acids is 1. The van der Waals surface area contributed by atoms with E-state index in [1.54, 1.807) is 7.11 Å². The number of methoxy groups -OCH3 is 1. The first-order chi connectivity index (χ1) is 13.6. The zero-order valence-electron chi connectivity index (χ0n) is 16.7. The van der Waals surface area contributed by atoms with E-state index in [1.807, 2.05) is 24.3 Å². The molecule has 28 heavy (non-hydrogen) atoms. The number of rotatable bonds is 9. The molecule has 3 rings (SSSR count). The van der Waals surface area contributed by atoms with Gasteiger partial charge in [0.15, 0.2) is 11.0 Å². The highest BCUT2D eigenvalue weighted by atomic mass is 32.2. The summed E-state index contributed by atoms with van der Waals surface area (Å²) >= 11 is 1.41. The molecule has 0 spiro atoms. The molecule has 2 aromatic rings. The van der Waals surface area contributed by atoms with E-state index < -0.39 is 0 Å². The second kappa shape index (κ2) is 9.93. The fraction of sp³-hybridized carbons (Fsp3) is 0.550. The van der Waals surface area contributed by atoms with Crippen molar-refractivity contribution in [3.05, 3.63) is 24.3 Å². The number of benzene rings is 1. The summed E-state index contributed by atoms with van der Waals surface area (Å²) in [6, 6.07) is 7.77. The average molecular weight is 405 g/mol. The van der Waals surface area contributed by atoms with Gasteiger partial charge < -0.3 is 19.4 Å². The van der Waals surface area contributed by atoms with E-state index in [-0.39, 0.29) is 12.0 Å². The third-order valence-corrected chi connectivity index (χ3v) is 5.46. The molecule has 2 heterocycles. The Hall–Kier alpha value is -2.06. The molecule has 7 nitrogen and oxygen atoms in total. The van der Waals surface area contributed by atoms with Crippen LogP contribution < -0.4 is 10.1 Å². The maximum absolute atomic E-state index is 12.2. The lowest BCUT2D eigenvalue weighted by molar-refractivity contribution is -0.119. The van der Waals surface area contributed by atoms with Gasteiger partial charge in [0.25, 0.3) is 0 Å². The summed E-state index contributed by atoms with van der Waals surface area (Å²) in [5, 5.41) is 12.4. The highest BCUT2D eigenvalue weighted by Gasteiger charge is 2.18. The summed E-state index contributed by atoms with van der Waals surface area (Å²) < 4.78 is 12.9. The molecule has 8 heteroatoms. The van der Waals surface area contributed by atoms with Crippen LogP contribution in [0.15, 0.2) is 29.4 Å². The first-order valence-corrected chi connectivity index (χ1v) is 10.6. The first kappa shape index (κ1) is 20.7. The number of hydrogen-bond donors (Lipinski definition) is 1. The maximum Gasteiger partial charge on any atom is 0.230 e. The predicted molar refractivity (Wildman–Crippen MR) is 110 cm³/mol. The average Bonchev–Trinajstić information content (AvgIpc) is 3.34. The van der Waals surface area contributed by atoms with E-state index in [2.05, 4.69) is 33.9 Å². The summed E-state index contributed by atoms with van der Waals surface area (Å²) in [4.78, 5) is 12.2. The Morgan fingerprint density at radius 3 is 2.79 bits per heavy atom. The van der Waals surface area contributed by atoms with E-state index in [0.717, 1.165) is 48.3 Å². The van der Waals surface area contributed by atoms with Gasteiger partial charge in [0.05, 0.1) is 19.0 Å². The van der Waals surface area contributed by atoms with Gasteiger partial charge in [-0.1, -0.05) is 25.6 Å². The van der Waals surface area contributed by atoms with Crippen LogP contribution in [-0.2, 0) is 16.1 Å². The van der Waals surface area contributed by atoms with Crippen LogP contribution in [-0.4, -0.2) is 52.8 Å². The van der Waals surface area contributed by atoms with Crippen molar-refractivity contribution in [2.45, 2.75) is 44.5 Å². The quantitative estimate of drug-likeness (QED) is 0.648. The molecule has 1 amide bonds. The summed E-state index contributed by atoms with van der Waals surface area (Å²) in [7, 11) is 1.65. The van der Waals surface area contributed by atoms with E-state index in [9.17, 15) is 4.79 Å².